The van der Waals surface area contributed by atoms with E-state index >= 15 is 0 Å². The van der Waals surface area contributed by atoms with Gasteiger partial charge < -0.3 is 14.2 Å². The third kappa shape index (κ3) is 8.06. The van der Waals surface area contributed by atoms with Crippen LogP contribution in [-0.2, 0) is 4.79 Å². The lowest BCUT2D eigenvalue weighted by Crippen LogP contribution is -2.49. The molecule has 0 aliphatic heterocycles. The highest BCUT2D eigenvalue weighted by molar-refractivity contribution is 9.10. The van der Waals surface area contributed by atoms with E-state index in [1.54, 1.807) is 42.5 Å². The number of hydrogen-bond acceptors (Lipinski definition) is 6. The quantitative estimate of drug-likeness (QED) is 0.371. The van der Waals surface area contributed by atoms with E-state index in [9.17, 15) is 9.59 Å². The second kappa shape index (κ2) is 12.1. The zero-order valence-corrected chi connectivity index (χ0v) is 19.8. The summed E-state index contributed by atoms with van der Waals surface area (Å²) in [7, 11) is 1.51. The van der Waals surface area contributed by atoms with E-state index < -0.39 is 11.8 Å². The van der Waals surface area contributed by atoms with Crippen molar-refractivity contribution in [3.8, 4) is 17.2 Å². The molecule has 0 aromatic heterocycles. The molecule has 0 fully saturated rings. The second-order valence-electron chi connectivity index (χ2n) is 6.75. The molecule has 0 aliphatic carbocycles. The van der Waals surface area contributed by atoms with Crippen molar-refractivity contribution in [3.05, 3.63) is 52.5 Å². The van der Waals surface area contributed by atoms with Gasteiger partial charge in [-0.1, -0.05) is 26.0 Å². The van der Waals surface area contributed by atoms with Gasteiger partial charge in [0.05, 0.1) is 18.2 Å². The van der Waals surface area contributed by atoms with Crippen LogP contribution in [0.3, 0.4) is 0 Å². The summed E-state index contributed by atoms with van der Waals surface area (Å²) in [4.78, 5) is 24.3. The van der Waals surface area contributed by atoms with Gasteiger partial charge in [-0.05, 0) is 64.4 Å². The van der Waals surface area contributed by atoms with Gasteiger partial charge in [0.1, 0.15) is 5.75 Å². The van der Waals surface area contributed by atoms with Gasteiger partial charge in [-0.25, -0.2) is 0 Å². The van der Waals surface area contributed by atoms with Crippen LogP contribution in [0.15, 0.2) is 46.9 Å². The fraction of sp³-hybridized carbons (Fsp3) is 0.286. The Kier molecular flexibility index (Phi) is 9.54. The third-order valence-electron chi connectivity index (χ3n) is 3.74. The fourth-order valence-corrected chi connectivity index (χ4v) is 2.90. The summed E-state index contributed by atoms with van der Waals surface area (Å²) in [5.41, 5.74) is 5.19. The number of halogens is 1. The minimum atomic E-state index is -0.489. The normalized spacial score (nSPS) is 10.2. The van der Waals surface area contributed by atoms with E-state index in [0.717, 1.165) is 0 Å². The molecule has 2 aromatic rings. The number of carbonyl (C=O) groups is 2. The molecule has 2 rings (SSSR count). The lowest BCUT2D eigenvalue weighted by Gasteiger charge is -2.13. The number of carbonyl (C=O) groups excluding carboxylic acids is 2. The van der Waals surface area contributed by atoms with Crippen molar-refractivity contribution in [1.82, 2.24) is 16.2 Å². The number of hydrazine groups is 1. The van der Waals surface area contributed by atoms with Crippen molar-refractivity contribution in [1.29, 1.82) is 0 Å². The predicted molar refractivity (Wildman–Crippen MR) is 124 cm³/mol. The number of amides is 2. The summed E-state index contributed by atoms with van der Waals surface area (Å²) in [5.74, 6) is 1.05. The zero-order valence-electron chi connectivity index (χ0n) is 17.4. The lowest BCUT2D eigenvalue weighted by molar-refractivity contribution is -0.123. The van der Waals surface area contributed by atoms with Crippen LogP contribution in [-0.4, -0.2) is 37.3 Å². The van der Waals surface area contributed by atoms with Crippen molar-refractivity contribution in [3.63, 3.8) is 0 Å². The molecule has 2 aromatic carbocycles. The molecule has 0 saturated heterocycles. The van der Waals surface area contributed by atoms with Gasteiger partial charge in [-0.15, -0.1) is 0 Å². The molecule has 31 heavy (non-hydrogen) atoms. The first kappa shape index (κ1) is 24.4. The maximum atomic E-state index is 12.4. The van der Waals surface area contributed by atoms with Crippen LogP contribution in [0.2, 0.25) is 0 Å². The Morgan fingerprint density at radius 3 is 2.39 bits per heavy atom. The molecule has 0 atom stereocenters. The van der Waals surface area contributed by atoms with Crippen molar-refractivity contribution in [2.75, 3.05) is 20.3 Å². The van der Waals surface area contributed by atoms with Gasteiger partial charge >= 0.3 is 0 Å². The van der Waals surface area contributed by atoms with Gasteiger partial charge in [-0.3, -0.25) is 25.8 Å². The Hall–Kier alpha value is -2.85. The fourth-order valence-electron chi connectivity index (χ4n) is 2.27. The molecule has 10 heteroatoms. The zero-order chi connectivity index (χ0) is 22.8. The number of nitrogens with one attached hydrogen (secondary N) is 3. The standard InChI is InChI=1S/C21H24BrN3O5S/c1-13(2)11-29-16-9-8-14(10-15(16)22)20(27)23-21(31)25-24-19(26)12-30-18-7-5-4-6-17(18)28-3/h4-10,13H,11-12H2,1-3H3,(H,24,26)(H2,23,25,27,31). The molecule has 0 saturated carbocycles. The molecule has 0 unspecified atom stereocenters. The van der Waals surface area contributed by atoms with Crippen LogP contribution in [0.4, 0.5) is 0 Å². The molecule has 0 heterocycles. The van der Waals surface area contributed by atoms with Gasteiger partial charge in [0, 0.05) is 5.56 Å². The molecule has 166 valence electrons. The minimum Gasteiger partial charge on any atom is -0.493 e. The summed E-state index contributed by atoms with van der Waals surface area (Å²) >= 11 is 8.43. The van der Waals surface area contributed by atoms with Crippen molar-refractivity contribution >= 4 is 45.1 Å². The smallest absolute Gasteiger partial charge is 0.276 e. The molecule has 0 spiro atoms. The Bertz CT molecular complexity index is 939. The number of methoxy groups -OCH3 is 1. The first-order valence-electron chi connectivity index (χ1n) is 9.38. The predicted octanol–water partition coefficient (Wildman–Crippen LogP) is 3.21. The van der Waals surface area contributed by atoms with Crippen LogP contribution in [0.25, 0.3) is 0 Å². The van der Waals surface area contributed by atoms with Crippen LogP contribution in [0.5, 0.6) is 17.2 Å². The van der Waals surface area contributed by atoms with Crippen LogP contribution < -0.4 is 30.4 Å². The van der Waals surface area contributed by atoms with Gasteiger partial charge in [-0.2, -0.15) is 0 Å². The molecule has 0 bridgehead atoms. The van der Waals surface area contributed by atoms with E-state index in [1.807, 2.05) is 13.8 Å². The molecule has 0 radical (unpaired) electrons. The van der Waals surface area contributed by atoms with Gasteiger partial charge in [0.15, 0.2) is 23.2 Å². The second-order valence-corrected chi connectivity index (χ2v) is 8.01. The highest BCUT2D eigenvalue weighted by Gasteiger charge is 2.12. The maximum Gasteiger partial charge on any atom is 0.276 e. The number of thiocarbonyl (C=S) groups is 1. The van der Waals surface area contributed by atoms with Crippen LogP contribution in [0.1, 0.15) is 24.2 Å². The molecule has 3 N–H and O–H groups in total. The SMILES string of the molecule is COc1ccccc1OCC(=O)NNC(=S)NC(=O)c1ccc(OCC(C)C)c(Br)c1. The summed E-state index contributed by atoms with van der Waals surface area (Å²) in [6.07, 6.45) is 0. The topological polar surface area (TPSA) is 97.9 Å². The van der Waals surface area contributed by atoms with E-state index in [1.165, 1.54) is 7.11 Å². The minimum absolute atomic E-state index is 0.0631. The molecule has 0 aliphatic rings. The highest BCUT2D eigenvalue weighted by Crippen LogP contribution is 2.27. The highest BCUT2D eigenvalue weighted by atomic mass is 79.9. The Morgan fingerprint density at radius 2 is 1.74 bits per heavy atom. The summed E-state index contributed by atoms with van der Waals surface area (Å²) < 4.78 is 16.9. The van der Waals surface area contributed by atoms with Gasteiger partial charge in [0.2, 0.25) is 0 Å². The summed E-state index contributed by atoms with van der Waals surface area (Å²) in [5, 5.41) is 2.42. The summed E-state index contributed by atoms with van der Waals surface area (Å²) in [6, 6.07) is 11.9. The Balaban J connectivity index is 1.79. The molecule has 8 nitrogen and oxygen atoms in total. The number of hydrogen-bond donors (Lipinski definition) is 3. The van der Waals surface area contributed by atoms with Crippen LogP contribution in [0, 0.1) is 5.92 Å². The monoisotopic (exact) mass is 509 g/mol. The molecule has 2 amide bonds. The lowest BCUT2D eigenvalue weighted by atomic mass is 10.2. The average Bonchev–Trinajstić information content (AvgIpc) is 2.75. The van der Waals surface area contributed by atoms with E-state index in [-0.39, 0.29) is 11.7 Å². The molecular weight excluding hydrogens is 486 g/mol. The first-order chi connectivity index (χ1) is 14.8. The number of benzene rings is 2. The van der Waals surface area contributed by atoms with E-state index in [0.29, 0.717) is 39.8 Å². The van der Waals surface area contributed by atoms with Gasteiger partial charge in [0.25, 0.3) is 11.8 Å². The van der Waals surface area contributed by atoms with Crippen molar-refractivity contribution in [2.24, 2.45) is 5.92 Å². The number of ether oxygens (including phenoxy) is 3. The Morgan fingerprint density at radius 1 is 1.03 bits per heavy atom. The third-order valence-corrected chi connectivity index (χ3v) is 4.56. The number of para-hydroxylation sites is 2. The Labute approximate surface area is 194 Å². The van der Waals surface area contributed by atoms with E-state index in [2.05, 4.69) is 32.1 Å². The average molecular weight is 510 g/mol. The summed E-state index contributed by atoms with van der Waals surface area (Å²) in [6.45, 7) is 4.40. The molecular formula is C21H24BrN3O5S. The van der Waals surface area contributed by atoms with Crippen molar-refractivity contribution in [2.45, 2.75) is 13.8 Å². The first-order valence-corrected chi connectivity index (χ1v) is 10.6. The van der Waals surface area contributed by atoms with E-state index in [4.69, 9.17) is 26.4 Å². The maximum absolute atomic E-state index is 12.4. The van der Waals surface area contributed by atoms with Crippen LogP contribution >= 0.6 is 28.1 Å². The van der Waals surface area contributed by atoms with Crippen molar-refractivity contribution < 1.29 is 23.8 Å². The largest absolute Gasteiger partial charge is 0.493 e. The number of rotatable bonds is 8.